The zero-order valence-electron chi connectivity index (χ0n) is 11.4. The van der Waals surface area contributed by atoms with Crippen LogP contribution in [0.15, 0.2) is 24.5 Å². The van der Waals surface area contributed by atoms with Crippen LogP contribution < -0.4 is 5.32 Å². The fourth-order valence-corrected chi connectivity index (χ4v) is 3.28. The number of pyridine rings is 1. The van der Waals surface area contributed by atoms with Crippen molar-refractivity contribution >= 4 is 5.91 Å². The Balaban J connectivity index is 1.82. The molecule has 102 valence electrons. The Bertz CT molecular complexity index is 454. The van der Waals surface area contributed by atoms with Gasteiger partial charge in [0.15, 0.2) is 0 Å². The summed E-state index contributed by atoms with van der Waals surface area (Å²) in [6, 6.07) is 4.26. The molecule has 1 aromatic rings. The number of hydrogen-bond acceptors (Lipinski definition) is 3. The van der Waals surface area contributed by atoms with E-state index in [1.54, 1.807) is 6.20 Å². The number of aromatic nitrogens is 1. The molecule has 0 aromatic carbocycles. The lowest BCUT2D eigenvalue weighted by molar-refractivity contribution is -0.141. The first kappa shape index (κ1) is 12.6. The molecular weight excluding hydrogens is 238 g/mol. The van der Waals surface area contributed by atoms with Gasteiger partial charge >= 0.3 is 0 Å². The molecule has 19 heavy (non-hydrogen) atoms. The first-order valence-electron chi connectivity index (χ1n) is 7.12. The number of amides is 1. The average Bonchev–Trinajstić information content (AvgIpc) is 3.08. The van der Waals surface area contributed by atoms with Crippen molar-refractivity contribution < 1.29 is 4.79 Å². The first-order valence-corrected chi connectivity index (χ1v) is 7.12. The van der Waals surface area contributed by atoms with Gasteiger partial charge in [-0.15, -0.1) is 0 Å². The Morgan fingerprint density at radius 3 is 3.16 bits per heavy atom. The summed E-state index contributed by atoms with van der Waals surface area (Å²) in [4.78, 5) is 19.1. The topological polar surface area (TPSA) is 45.2 Å². The van der Waals surface area contributed by atoms with Gasteiger partial charge in [0.2, 0.25) is 5.91 Å². The maximum Gasteiger partial charge on any atom is 0.230 e. The van der Waals surface area contributed by atoms with Crippen LogP contribution in [0.3, 0.4) is 0 Å². The quantitative estimate of drug-likeness (QED) is 0.880. The van der Waals surface area contributed by atoms with Crippen LogP contribution in [-0.2, 0) is 4.79 Å². The van der Waals surface area contributed by atoms with Crippen molar-refractivity contribution in [1.82, 2.24) is 15.2 Å². The van der Waals surface area contributed by atoms with E-state index in [0.29, 0.717) is 5.91 Å². The van der Waals surface area contributed by atoms with E-state index in [4.69, 9.17) is 0 Å². The molecule has 4 nitrogen and oxygen atoms in total. The summed E-state index contributed by atoms with van der Waals surface area (Å²) in [5, 5.41) is 3.31. The lowest BCUT2D eigenvalue weighted by Crippen LogP contribution is -2.43. The van der Waals surface area contributed by atoms with Crippen molar-refractivity contribution in [2.24, 2.45) is 5.41 Å². The van der Waals surface area contributed by atoms with Crippen molar-refractivity contribution in [3.8, 4) is 0 Å². The van der Waals surface area contributed by atoms with Crippen molar-refractivity contribution in [3.63, 3.8) is 0 Å². The molecule has 2 fully saturated rings. The minimum atomic E-state index is -0.217. The van der Waals surface area contributed by atoms with Crippen LogP contribution in [0.4, 0.5) is 0 Å². The van der Waals surface area contributed by atoms with Crippen LogP contribution in [-0.4, -0.2) is 35.4 Å². The Morgan fingerprint density at radius 1 is 1.58 bits per heavy atom. The van der Waals surface area contributed by atoms with Crippen molar-refractivity contribution in [1.29, 1.82) is 0 Å². The van der Waals surface area contributed by atoms with E-state index < -0.39 is 0 Å². The molecule has 3 heterocycles. The Labute approximate surface area is 114 Å². The normalized spacial score (nSPS) is 30.8. The summed E-state index contributed by atoms with van der Waals surface area (Å²) in [6.07, 6.45) is 6.77. The maximum absolute atomic E-state index is 12.8. The summed E-state index contributed by atoms with van der Waals surface area (Å²) in [7, 11) is 0. The Morgan fingerprint density at radius 2 is 2.47 bits per heavy atom. The number of likely N-dealkylation sites (tertiary alicyclic amines) is 1. The fraction of sp³-hybridized carbons (Fsp3) is 0.600. The maximum atomic E-state index is 12.8. The zero-order valence-corrected chi connectivity index (χ0v) is 11.4. The summed E-state index contributed by atoms with van der Waals surface area (Å²) in [6.45, 7) is 4.73. The molecule has 2 unspecified atom stereocenters. The minimum absolute atomic E-state index is 0.217. The minimum Gasteiger partial charge on any atom is -0.335 e. The van der Waals surface area contributed by atoms with Gasteiger partial charge in [-0.3, -0.25) is 9.78 Å². The molecule has 1 amide bonds. The van der Waals surface area contributed by atoms with Crippen molar-refractivity contribution in [2.75, 3.05) is 19.6 Å². The van der Waals surface area contributed by atoms with Crippen molar-refractivity contribution in [2.45, 2.75) is 32.2 Å². The summed E-state index contributed by atoms with van der Waals surface area (Å²) in [5.74, 6) is 0.309. The zero-order chi connectivity index (χ0) is 13.3. The number of carbonyl (C=O) groups is 1. The lowest BCUT2D eigenvalue weighted by atomic mass is 9.87. The van der Waals surface area contributed by atoms with Crippen LogP contribution in [0, 0.1) is 5.41 Å². The van der Waals surface area contributed by atoms with E-state index in [0.717, 1.165) is 38.9 Å². The number of nitrogens with one attached hydrogen (secondary N) is 1. The standard InChI is InChI=1S/C15H21N3O/c1-15(6-8-17-11-15)14(19)18-9-3-5-13(18)12-4-2-7-16-10-12/h2,4,7,10,13,17H,3,5-6,8-9,11H2,1H3. The van der Waals surface area contributed by atoms with E-state index in [9.17, 15) is 4.79 Å². The molecule has 0 radical (unpaired) electrons. The van der Waals surface area contributed by atoms with Crippen LogP contribution in [0.25, 0.3) is 0 Å². The van der Waals surface area contributed by atoms with Crippen molar-refractivity contribution in [3.05, 3.63) is 30.1 Å². The third kappa shape index (κ3) is 2.25. The van der Waals surface area contributed by atoms with Crippen LogP contribution in [0.1, 0.15) is 37.8 Å². The molecular formula is C15H21N3O. The number of carbonyl (C=O) groups excluding carboxylic acids is 1. The molecule has 0 spiro atoms. The highest BCUT2D eigenvalue weighted by Gasteiger charge is 2.42. The van der Waals surface area contributed by atoms with Gasteiger partial charge in [-0.25, -0.2) is 0 Å². The molecule has 2 saturated heterocycles. The predicted molar refractivity (Wildman–Crippen MR) is 73.5 cm³/mol. The monoisotopic (exact) mass is 259 g/mol. The van der Waals surface area contributed by atoms with Gasteiger partial charge in [-0.1, -0.05) is 6.07 Å². The lowest BCUT2D eigenvalue weighted by Gasteiger charge is -2.32. The molecule has 2 atom stereocenters. The fourth-order valence-electron chi connectivity index (χ4n) is 3.28. The number of rotatable bonds is 2. The molecule has 0 bridgehead atoms. The van der Waals surface area contributed by atoms with E-state index in [1.165, 1.54) is 5.56 Å². The first-order chi connectivity index (χ1) is 9.21. The second-order valence-electron chi connectivity index (χ2n) is 5.93. The summed E-state index contributed by atoms with van der Waals surface area (Å²) in [5.41, 5.74) is 0.952. The second-order valence-corrected chi connectivity index (χ2v) is 5.93. The summed E-state index contributed by atoms with van der Waals surface area (Å²) >= 11 is 0. The SMILES string of the molecule is CC1(C(=O)N2CCCC2c2cccnc2)CCNC1. The van der Waals surface area contributed by atoms with E-state index in [2.05, 4.69) is 28.2 Å². The molecule has 1 N–H and O–H groups in total. The molecule has 3 rings (SSSR count). The average molecular weight is 259 g/mol. The highest BCUT2D eigenvalue weighted by Crippen LogP contribution is 2.37. The predicted octanol–water partition coefficient (Wildman–Crippen LogP) is 1.74. The van der Waals surface area contributed by atoms with E-state index >= 15 is 0 Å². The van der Waals surface area contributed by atoms with Gasteiger partial charge in [0.1, 0.15) is 0 Å². The van der Waals surface area contributed by atoms with Gasteiger partial charge in [-0.2, -0.15) is 0 Å². The Kier molecular flexibility index (Phi) is 3.27. The smallest absolute Gasteiger partial charge is 0.230 e. The molecule has 0 aliphatic carbocycles. The number of hydrogen-bond donors (Lipinski definition) is 1. The second kappa shape index (κ2) is 4.93. The molecule has 2 aliphatic rings. The van der Waals surface area contributed by atoms with E-state index in [-0.39, 0.29) is 11.5 Å². The van der Waals surface area contributed by atoms with Gasteiger partial charge < -0.3 is 10.2 Å². The van der Waals surface area contributed by atoms with Gasteiger partial charge in [0, 0.05) is 25.5 Å². The largest absolute Gasteiger partial charge is 0.335 e. The van der Waals surface area contributed by atoms with Crippen LogP contribution in [0.2, 0.25) is 0 Å². The van der Waals surface area contributed by atoms with Gasteiger partial charge in [0.25, 0.3) is 0 Å². The van der Waals surface area contributed by atoms with Gasteiger partial charge in [0.05, 0.1) is 11.5 Å². The summed E-state index contributed by atoms with van der Waals surface area (Å²) < 4.78 is 0. The van der Waals surface area contributed by atoms with Gasteiger partial charge in [-0.05, 0) is 44.4 Å². The van der Waals surface area contributed by atoms with Crippen LogP contribution in [0.5, 0.6) is 0 Å². The number of nitrogens with zero attached hydrogens (tertiary/aromatic N) is 2. The van der Waals surface area contributed by atoms with E-state index in [1.807, 2.05) is 12.3 Å². The molecule has 4 heteroatoms. The third-order valence-electron chi connectivity index (χ3n) is 4.47. The van der Waals surface area contributed by atoms with Crippen LogP contribution >= 0.6 is 0 Å². The Hall–Kier alpha value is -1.42. The highest BCUT2D eigenvalue weighted by atomic mass is 16.2. The molecule has 0 saturated carbocycles. The molecule has 2 aliphatic heterocycles. The third-order valence-corrected chi connectivity index (χ3v) is 4.47. The highest BCUT2D eigenvalue weighted by molar-refractivity contribution is 5.83. The molecule has 1 aromatic heterocycles.